The van der Waals surface area contributed by atoms with Crippen LogP contribution in [-0.2, 0) is 18.4 Å². The van der Waals surface area contributed by atoms with Gasteiger partial charge in [-0.1, -0.05) is 171 Å². The Labute approximate surface area is 339 Å². The summed E-state index contributed by atoms with van der Waals surface area (Å²) < 4.78 is 23.0. The molecule has 0 rings (SSSR count). The Kier molecular flexibility index (Phi) is 36.5. The fourth-order valence-corrected chi connectivity index (χ4v) is 6.73. The van der Waals surface area contributed by atoms with Crippen molar-refractivity contribution in [2.24, 2.45) is 0 Å². The second-order valence-electron chi connectivity index (χ2n) is 16.0. The number of nitrogens with one attached hydrogen (secondary N) is 1. The molecule has 0 aliphatic heterocycles. The normalized spacial score (nSPS) is 15.0. The predicted octanol–water partition coefficient (Wildman–Crippen LogP) is 11.6. The van der Waals surface area contributed by atoms with Crippen molar-refractivity contribution in [3.63, 3.8) is 0 Å². The maximum atomic E-state index is 12.7. The lowest BCUT2D eigenvalue weighted by molar-refractivity contribution is -0.870. The van der Waals surface area contributed by atoms with E-state index in [0.29, 0.717) is 23.9 Å². The van der Waals surface area contributed by atoms with Crippen LogP contribution in [0.2, 0.25) is 0 Å². The van der Waals surface area contributed by atoms with Gasteiger partial charge in [-0.2, -0.15) is 0 Å². The van der Waals surface area contributed by atoms with Crippen LogP contribution < -0.4 is 10.2 Å². The van der Waals surface area contributed by atoms with E-state index in [2.05, 4.69) is 79.9 Å². The molecule has 0 heterocycles. The molecule has 1 amide bonds. The minimum Gasteiger partial charge on any atom is -0.756 e. The van der Waals surface area contributed by atoms with E-state index in [1.807, 2.05) is 21.1 Å². The predicted molar refractivity (Wildman–Crippen MR) is 233 cm³/mol. The molecule has 0 aliphatic rings. The molecular formula is C46H85N2O6P. The summed E-state index contributed by atoms with van der Waals surface area (Å²) >= 11 is 0. The topological polar surface area (TPSA) is 108 Å². The summed E-state index contributed by atoms with van der Waals surface area (Å²) in [4.78, 5) is 25.0. The smallest absolute Gasteiger partial charge is 0.268 e. The number of allylic oxidation sites excluding steroid dienone is 10. The van der Waals surface area contributed by atoms with Crippen LogP contribution in [-0.4, -0.2) is 68.5 Å². The van der Waals surface area contributed by atoms with Crippen molar-refractivity contribution in [3.8, 4) is 0 Å². The van der Waals surface area contributed by atoms with Crippen molar-refractivity contribution in [1.82, 2.24) is 5.32 Å². The number of phosphoric ester groups is 1. The molecule has 0 radical (unpaired) electrons. The van der Waals surface area contributed by atoms with Gasteiger partial charge in [-0.3, -0.25) is 9.36 Å². The molecule has 0 aliphatic carbocycles. The van der Waals surface area contributed by atoms with Gasteiger partial charge in [0.15, 0.2) is 0 Å². The summed E-state index contributed by atoms with van der Waals surface area (Å²) in [6, 6.07) is -0.798. The number of phosphoric acid groups is 1. The van der Waals surface area contributed by atoms with Crippen LogP contribution >= 0.6 is 7.82 Å². The van der Waals surface area contributed by atoms with Gasteiger partial charge >= 0.3 is 0 Å². The zero-order valence-corrected chi connectivity index (χ0v) is 37.0. The molecule has 55 heavy (non-hydrogen) atoms. The first kappa shape index (κ1) is 53.2. The summed E-state index contributed by atoms with van der Waals surface area (Å²) in [5.41, 5.74) is 0. The van der Waals surface area contributed by atoms with Gasteiger partial charge in [0.1, 0.15) is 13.2 Å². The first-order valence-electron chi connectivity index (χ1n) is 22.1. The largest absolute Gasteiger partial charge is 0.756 e. The fraction of sp³-hybridized carbons (Fsp3) is 0.761. The Morgan fingerprint density at radius 2 is 1.11 bits per heavy atom. The minimum absolute atomic E-state index is 0.00872. The van der Waals surface area contributed by atoms with E-state index < -0.39 is 20.0 Å². The summed E-state index contributed by atoms with van der Waals surface area (Å²) in [5, 5.41) is 13.6. The zero-order chi connectivity index (χ0) is 40.7. The number of hydrogen-bond donors (Lipinski definition) is 2. The van der Waals surface area contributed by atoms with Crippen LogP contribution in [0.25, 0.3) is 0 Å². The Morgan fingerprint density at radius 3 is 1.60 bits per heavy atom. The van der Waals surface area contributed by atoms with Crippen molar-refractivity contribution in [2.45, 2.75) is 187 Å². The highest BCUT2D eigenvalue weighted by atomic mass is 31.2. The number of likely N-dealkylation sites (N-methyl/N-ethyl adjacent to an activating group) is 1. The quantitative estimate of drug-likeness (QED) is 0.0278. The first-order chi connectivity index (χ1) is 26.5. The highest BCUT2D eigenvalue weighted by Crippen LogP contribution is 2.38. The molecule has 2 N–H and O–H groups in total. The highest BCUT2D eigenvalue weighted by molar-refractivity contribution is 7.45. The summed E-state index contributed by atoms with van der Waals surface area (Å²) in [6.45, 7) is 4.46. The molecular weight excluding hydrogens is 707 g/mol. The van der Waals surface area contributed by atoms with Crippen molar-refractivity contribution in [1.29, 1.82) is 0 Å². The van der Waals surface area contributed by atoms with Crippen molar-refractivity contribution >= 4 is 13.7 Å². The number of quaternary nitrogens is 1. The Hall–Kier alpha value is -1.80. The van der Waals surface area contributed by atoms with Gasteiger partial charge in [-0.25, -0.2) is 0 Å². The SMILES string of the molecule is CC/C=C\C/C=C\C/C=C\C/C=C\C/C=C\CCCCCCCCCCCCCCCC(=O)NC(COP(=O)([O-])OCC[N+](C)(C)C)C(O)CCCCCC. The van der Waals surface area contributed by atoms with E-state index in [1.54, 1.807) is 0 Å². The lowest BCUT2D eigenvalue weighted by Gasteiger charge is -2.30. The van der Waals surface area contributed by atoms with Gasteiger partial charge in [0, 0.05) is 6.42 Å². The maximum absolute atomic E-state index is 12.7. The standard InChI is InChI=1S/C46H85N2O6P/c1-6-8-10-12-13-14-15-16-17-18-19-20-21-22-23-24-25-26-27-28-29-30-31-32-33-34-35-36-38-40-46(50)47-44(45(49)39-37-11-9-7-2)43-54-55(51,52)53-42-41-48(3,4)5/h8,10,13-14,16-17,19-20,22-23,44-45,49H,6-7,9,11-12,15,18,21,24-43H2,1-5H3,(H-,47,50,51,52)/b10-8-,14-13-,17-16-,20-19-,23-22-. The second-order valence-corrected chi connectivity index (χ2v) is 17.4. The van der Waals surface area contributed by atoms with E-state index in [-0.39, 0.29) is 19.1 Å². The maximum Gasteiger partial charge on any atom is 0.268 e. The zero-order valence-electron chi connectivity index (χ0n) is 36.1. The molecule has 0 spiro atoms. The fourth-order valence-electron chi connectivity index (χ4n) is 6.01. The van der Waals surface area contributed by atoms with Crippen LogP contribution in [0.15, 0.2) is 60.8 Å². The number of amides is 1. The summed E-state index contributed by atoms with van der Waals surface area (Å²) in [5.74, 6) is -0.179. The number of carbonyl (C=O) groups is 1. The molecule has 0 aromatic heterocycles. The second kappa shape index (κ2) is 37.8. The van der Waals surface area contributed by atoms with Gasteiger partial charge in [-0.15, -0.1) is 0 Å². The monoisotopic (exact) mass is 793 g/mol. The number of aliphatic hydroxyl groups is 1. The van der Waals surface area contributed by atoms with Crippen LogP contribution in [0.3, 0.4) is 0 Å². The molecule has 0 saturated heterocycles. The first-order valence-corrected chi connectivity index (χ1v) is 23.6. The van der Waals surface area contributed by atoms with Crippen molar-refractivity contribution in [3.05, 3.63) is 60.8 Å². The molecule has 0 saturated carbocycles. The lowest BCUT2D eigenvalue weighted by atomic mass is 10.0. The average molecular weight is 793 g/mol. The Bertz CT molecular complexity index is 1080. The van der Waals surface area contributed by atoms with Crippen LogP contribution in [0.5, 0.6) is 0 Å². The van der Waals surface area contributed by atoms with Gasteiger partial charge in [0.25, 0.3) is 7.82 Å². The van der Waals surface area contributed by atoms with Crippen molar-refractivity contribution < 1.29 is 32.9 Å². The molecule has 3 unspecified atom stereocenters. The number of unbranched alkanes of at least 4 members (excludes halogenated alkanes) is 16. The number of nitrogens with zero attached hydrogens (tertiary/aromatic N) is 1. The number of hydrogen-bond acceptors (Lipinski definition) is 6. The summed E-state index contributed by atoms with van der Waals surface area (Å²) in [6.07, 6.45) is 48.7. The molecule has 8 nitrogen and oxygen atoms in total. The molecule has 0 aromatic rings. The molecule has 0 bridgehead atoms. The molecule has 9 heteroatoms. The van der Waals surface area contributed by atoms with Gasteiger partial charge in [0.05, 0.1) is 39.9 Å². The third-order valence-corrected chi connectivity index (χ3v) is 10.5. The van der Waals surface area contributed by atoms with E-state index in [4.69, 9.17) is 9.05 Å². The number of aliphatic hydroxyl groups excluding tert-OH is 1. The third-order valence-electron chi connectivity index (χ3n) is 9.52. The number of carbonyl (C=O) groups excluding carboxylic acids is 1. The third kappa shape index (κ3) is 40.2. The Morgan fingerprint density at radius 1 is 0.655 bits per heavy atom. The molecule has 0 fully saturated rings. The van der Waals surface area contributed by atoms with E-state index in [1.165, 1.54) is 70.6 Å². The molecule has 0 aromatic carbocycles. The van der Waals surface area contributed by atoms with E-state index in [0.717, 1.165) is 77.0 Å². The highest BCUT2D eigenvalue weighted by Gasteiger charge is 2.24. The van der Waals surface area contributed by atoms with Crippen LogP contribution in [0.4, 0.5) is 0 Å². The molecule has 320 valence electrons. The van der Waals surface area contributed by atoms with Gasteiger partial charge in [0.2, 0.25) is 5.91 Å². The Balaban J connectivity index is 3.91. The van der Waals surface area contributed by atoms with E-state index in [9.17, 15) is 19.4 Å². The number of rotatable bonds is 39. The van der Waals surface area contributed by atoms with Crippen LogP contribution in [0.1, 0.15) is 174 Å². The summed E-state index contributed by atoms with van der Waals surface area (Å²) in [7, 11) is 1.29. The van der Waals surface area contributed by atoms with Gasteiger partial charge < -0.3 is 28.8 Å². The van der Waals surface area contributed by atoms with Gasteiger partial charge in [-0.05, 0) is 57.8 Å². The molecule has 3 atom stereocenters. The van der Waals surface area contributed by atoms with Crippen molar-refractivity contribution in [2.75, 3.05) is 40.9 Å². The van der Waals surface area contributed by atoms with E-state index >= 15 is 0 Å². The lowest BCUT2D eigenvalue weighted by Crippen LogP contribution is -2.46. The van der Waals surface area contributed by atoms with Crippen LogP contribution in [0, 0.1) is 0 Å². The average Bonchev–Trinajstić information content (AvgIpc) is 3.13. The minimum atomic E-state index is -4.55.